The first-order valence-corrected chi connectivity index (χ1v) is 9.41. The summed E-state index contributed by atoms with van der Waals surface area (Å²) in [7, 11) is 0. The highest BCUT2D eigenvalue weighted by atomic mass is 16.5. The number of rotatable bonds is 4. The van der Waals surface area contributed by atoms with Crippen LogP contribution in [0.5, 0.6) is 5.75 Å². The number of pyridine rings is 1. The molecule has 148 valence electrons. The van der Waals surface area contributed by atoms with Crippen LogP contribution < -0.4 is 15.4 Å². The first-order chi connectivity index (χ1) is 14.6. The van der Waals surface area contributed by atoms with Gasteiger partial charge in [0.1, 0.15) is 11.4 Å². The van der Waals surface area contributed by atoms with Crippen molar-refractivity contribution in [2.24, 2.45) is 0 Å². The highest BCUT2D eigenvalue weighted by Crippen LogP contribution is 2.38. The number of nitrogen functional groups attached to an aromatic ring is 1. The molecule has 2 N–H and O–H groups in total. The van der Waals surface area contributed by atoms with Gasteiger partial charge in [0.05, 0.1) is 6.54 Å². The normalized spacial score (nSPS) is 15.7. The molecule has 0 saturated heterocycles. The molecule has 0 radical (unpaired) electrons. The van der Waals surface area contributed by atoms with Crippen molar-refractivity contribution in [3.05, 3.63) is 84.1 Å². The van der Waals surface area contributed by atoms with E-state index in [9.17, 15) is 9.59 Å². The van der Waals surface area contributed by atoms with Gasteiger partial charge in [-0.2, -0.15) is 0 Å². The standard InChI is InChI=1S/C23H17N3O4/c24-20-11-10-18-22(25-20)26(23(28)21(30-18)14-6-2-1-3-7-14)13-16(27)19-12-15-8-4-5-9-17(15)29-19/h1-12,21H,13H2,(H2,24,25). The number of amides is 1. The summed E-state index contributed by atoms with van der Waals surface area (Å²) in [5.41, 5.74) is 7.12. The lowest BCUT2D eigenvalue weighted by Crippen LogP contribution is -2.44. The molecule has 0 aliphatic carbocycles. The number of nitrogens with two attached hydrogens (primary N) is 1. The average Bonchev–Trinajstić information content (AvgIpc) is 3.21. The number of Topliss-reactive ketones (excluding diaryl/α,β-unsaturated/α-hetero) is 1. The number of carbonyl (C=O) groups excluding carboxylic acids is 2. The van der Waals surface area contributed by atoms with E-state index in [1.54, 1.807) is 36.4 Å². The van der Waals surface area contributed by atoms with Crippen molar-refractivity contribution in [3.8, 4) is 5.75 Å². The van der Waals surface area contributed by atoms with Gasteiger partial charge >= 0.3 is 0 Å². The maximum atomic E-state index is 13.3. The van der Waals surface area contributed by atoms with E-state index in [0.717, 1.165) is 5.39 Å². The number of nitrogens with zero attached hydrogens (tertiary/aromatic N) is 2. The third-order valence-corrected chi connectivity index (χ3v) is 4.96. The molecule has 1 aliphatic heterocycles. The lowest BCUT2D eigenvalue weighted by atomic mass is 10.1. The fourth-order valence-electron chi connectivity index (χ4n) is 3.49. The third-order valence-electron chi connectivity index (χ3n) is 4.96. The van der Waals surface area contributed by atoms with Crippen LogP contribution in [-0.4, -0.2) is 23.2 Å². The number of fused-ring (bicyclic) bond motifs is 2. The lowest BCUT2D eigenvalue weighted by molar-refractivity contribution is -0.126. The van der Waals surface area contributed by atoms with Crippen LogP contribution in [0.4, 0.5) is 11.6 Å². The van der Waals surface area contributed by atoms with Gasteiger partial charge in [-0.3, -0.25) is 14.5 Å². The number of anilines is 2. The minimum atomic E-state index is -0.882. The first-order valence-electron chi connectivity index (χ1n) is 9.41. The van der Waals surface area contributed by atoms with Crippen molar-refractivity contribution >= 4 is 34.3 Å². The molecule has 0 saturated carbocycles. The largest absolute Gasteiger partial charge is 0.472 e. The van der Waals surface area contributed by atoms with E-state index >= 15 is 0 Å². The van der Waals surface area contributed by atoms with Crippen molar-refractivity contribution in [1.29, 1.82) is 0 Å². The Balaban J connectivity index is 1.52. The van der Waals surface area contributed by atoms with Gasteiger partial charge in [0, 0.05) is 10.9 Å². The van der Waals surface area contributed by atoms with Crippen LogP contribution in [0.3, 0.4) is 0 Å². The van der Waals surface area contributed by atoms with Gasteiger partial charge in [-0.1, -0.05) is 48.5 Å². The number of aromatic nitrogens is 1. The molecule has 2 aromatic heterocycles. The highest BCUT2D eigenvalue weighted by Gasteiger charge is 2.38. The van der Waals surface area contributed by atoms with Gasteiger partial charge in [0.25, 0.3) is 5.91 Å². The Kier molecular flexibility index (Phi) is 4.21. The summed E-state index contributed by atoms with van der Waals surface area (Å²) in [5, 5.41) is 0.819. The monoisotopic (exact) mass is 399 g/mol. The zero-order valence-electron chi connectivity index (χ0n) is 15.8. The van der Waals surface area contributed by atoms with Crippen LogP contribution >= 0.6 is 0 Å². The molecule has 1 amide bonds. The van der Waals surface area contributed by atoms with E-state index < -0.39 is 12.0 Å². The summed E-state index contributed by atoms with van der Waals surface area (Å²) in [4.78, 5) is 31.8. The molecule has 7 heteroatoms. The van der Waals surface area contributed by atoms with Crippen LogP contribution in [0, 0.1) is 0 Å². The summed E-state index contributed by atoms with van der Waals surface area (Å²) in [6, 6.07) is 21.4. The third kappa shape index (κ3) is 3.06. The molecule has 30 heavy (non-hydrogen) atoms. The molecule has 2 aromatic carbocycles. The lowest BCUT2D eigenvalue weighted by Gasteiger charge is -2.33. The SMILES string of the molecule is Nc1ccc2c(n1)N(CC(=O)c1cc3ccccc3o1)C(=O)C(c1ccccc1)O2. The maximum absolute atomic E-state index is 13.3. The zero-order chi connectivity index (χ0) is 20.7. The second-order valence-electron chi connectivity index (χ2n) is 6.96. The number of benzene rings is 2. The molecule has 5 rings (SSSR count). The number of ether oxygens (including phenoxy) is 1. The van der Waals surface area contributed by atoms with Crippen molar-refractivity contribution in [3.63, 3.8) is 0 Å². The van der Waals surface area contributed by atoms with Crippen LogP contribution in [0.2, 0.25) is 0 Å². The van der Waals surface area contributed by atoms with E-state index in [2.05, 4.69) is 4.98 Å². The van der Waals surface area contributed by atoms with E-state index in [1.165, 1.54) is 4.90 Å². The molecule has 3 heterocycles. The Hall–Kier alpha value is -4.13. The Labute approximate surface area is 171 Å². The number of furan rings is 1. The number of hydrogen-bond donors (Lipinski definition) is 1. The van der Waals surface area contributed by atoms with Crippen molar-refractivity contribution < 1.29 is 18.7 Å². The zero-order valence-corrected chi connectivity index (χ0v) is 15.8. The molecule has 7 nitrogen and oxygen atoms in total. The number of ketones is 1. The summed E-state index contributed by atoms with van der Waals surface area (Å²) in [6.45, 7) is -0.241. The summed E-state index contributed by atoms with van der Waals surface area (Å²) in [5.74, 6) is 0.271. The minimum Gasteiger partial charge on any atom is -0.472 e. The molecule has 1 aliphatic rings. The van der Waals surface area contributed by atoms with Gasteiger partial charge in [0.15, 0.2) is 17.3 Å². The number of carbonyl (C=O) groups is 2. The second kappa shape index (κ2) is 7.04. The van der Waals surface area contributed by atoms with E-state index in [-0.39, 0.29) is 29.7 Å². The fourth-order valence-corrected chi connectivity index (χ4v) is 3.49. The maximum Gasteiger partial charge on any atom is 0.274 e. The topological polar surface area (TPSA) is 98.7 Å². The van der Waals surface area contributed by atoms with E-state index in [1.807, 2.05) is 36.4 Å². The van der Waals surface area contributed by atoms with E-state index in [0.29, 0.717) is 16.9 Å². The van der Waals surface area contributed by atoms with E-state index in [4.69, 9.17) is 14.9 Å². The average molecular weight is 399 g/mol. The Morgan fingerprint density at radius 3 is 2.60 bits per heavy atom. The van der Waals surface area contributed by atoms with Gasteiger partial charge in [-0.25, -0.2) is 4.98 Å². The van der Waals surface area contributed by atoms with Crippen molar-refractivity contribution in [2.75, 3.05) is 17.2 Å². The van der Waals surface area contributed by atoms with Gasteiger partial charge in [-0.05, 0) is 24.3 Å². The Morgan fingerprint density at radius 2 is 1.80 bits per heavy atom. The fraction of sp³-hybridized carbons (Fsp3) is 0.0870. The molecule has 0 fully saturated rings. The summed E-state index contributed by atoms with van der Waals surface area (Å²) in [6.07, 6.45) is -0.882. The predicted octanol–water partition coefficient (Wildman–Crippen LogP) is 3.76. The predicted molar refractivity (Wildman–Crippen MR) is 111 cm³/mol. The van der Waals surface area contributed by atoms with Crippen LogP contribution in [0.25, 0.3) is 11.0 Å². The molecule has 0 bridgehead atoms. The first kappa shape index (κ1) is 17.9. The van der Waals surface area contributed by atoms with Gasteiger partial charge < -0.3 is 14.9 Å². The van der Waals surface area contributed by atoms with Crippen LogP contribution in [0.15, 0.2) is 77.2 Å². The van der Waals surface area contributed by atoms with Crippen LogP contribution in [0.1, 0.15) is 22.2 Å². The minimum absolute atomic E-state index is 0.178. The van der Waals surface area contributed by atoms with Gasteiger partial charge in [-0.15, -0.1) is 0 Å². The molecular weight excluding hydrogens is 382 g/mol. The molecule has 4 aromatic rings. The molecule has 0 spiro atoms. The summed E-state index contributed by atoms with van der Waals surface area (Å²) >= 11 is 0. The molecular formula is C23H17N3O4. The quantitative estimate of drug-likeness (QED) is 0.525. The van der Waals surface area contributed by atoms with Crippen LogP contribution in [-0.2, 0) is 4.79 Å². The molecule has 1 unspecified atom stereocenters. The summed E-state index contributed by atoms with van der Waals surface area (Å²) < 4.78 is 11.6. The van der Waals surface area contributed by atoms with Gasteiger partial charge in [0.2, 0.25) is 11.9 Å². The second-order valence-corrected chi connectivity index (χ2v) is 6.96. The number of hydrogen-bond acceptors (Lipinski definition) is 6. The Morgan fingerprint density at radius 1 is 1.03 bits per heavy atom. The smallest absolute Gasteiger partial charge is 0.274 e. The van der Waals surface area contributed by atoms with Crippen molar-refractivity contribution in [2.45, 2.75) is 6.10 Å². The molecule has 1 atom stereocenters. The number of para-hydroxylation sites is 1. The highest BCUT2D eigenvalue weighted by molar-refractivity contribution is 6.08. The van der Waals surface area contributed by atoms with Crippen molar-refractivity contribution in [1.82, 2.24) is 4.98 Å². The Bertz CT molecular complexity index is 1230.